The van der Waals surface area contributed by atoms with Crippen LogP contribution in [0.1, 0.15) is 12.5 Å². The zero-order valence-electron chi connectivity index (χ0n) is 16.5. The number of halogens is 2. The standard InChI is InChI=1S/C22H24Cl2N2O2S/c1-3-25-12-14-26(15-13-25)20(27)11-9-16-8-10-19(22(24)21(16)23)29-18-7-5-4-6-17(18)28-2/h4-11H,3,12-15H2,1-2H3. The van der Waals surface area contributed by atoms with Crippen LogP contribution >= 0.6 is 35.0 Å². The predicted octanol–water partition coefficient (Wildman–Crippen LogP) is 5.33. The number of carbonyl (C=O) groups excluding carboxylic acids is 1. The van der Waals surface area contributed by atoms with Crippen molar-refractivity contribution in [2.45, 2.75) is 16.7 Å². The van der Waals surface area contributed by atoms with Crippen molar-refractivity contribution in [1.82, 2.24) is 9.80 Å². The number of carbonyl (C=O) groups is 1. The Labute approximate surface area is 186 Å². The lowest BCUT2D eigenvalue weighted by Crippen LogP contribution is -2.48. The highest BCUT2D eigenvalue weighted by molar-refractivity contribution is 7.99. The summed E-state index contributed by atoms with van der Waals surface area (Å²) < 4.78 is 5.39. The number of ether oxygens (including phenoxy) is 1. The second-order valence-corrected chi connectivity index (χ2v) is 8.47. The summed E-state index contributed by atoms with van der Waals surface area (Å²) in [5, 5.41) is 0.903. The summed E-state index contributed by atoms with van der Waals surface area (Å²) in [6, 6.07) is 11.5. The van der Waals surface area contributed by atoms with Crippen molar-refractivity contribution in [3.8, 4) is 5.75 Å². The van der Waals surface area contributed by atoms with Gasteiger partial charge in [-0.2, -0.15) is 0 Å². The molecule has 0 aromatic heterocycles. The number of benzene rings is 2. The zero-order chi connectivity index (χ0) is 20.8. The Morgan fingerprint density at radius 3 is 2.48 bits per heavy atom. The number of methoxy groups -OCH3 is 1. The van der Waals surface area contributed by atoms with Gasteiger partial charge in [0.25, 0.3) is 0 Å². The number of para-hydroxylation sites is 1. The first kappa shape index (κ1) is 22.0. The lowest BCUT2D eigenvalue weighted by molar-refractivity contribution is -0.127. The van der Waals surface area contributed by atoms with Crippen LogP contribution in [0.4, 0.5) is 0 Å². The van der Waals surface area contributed by atoms with Crippen molar-refractivity contribution in [2.75, 3.05) is 39.8 Å². The molecule has 29 heavy (non-hydrogen) atoms. The summed E-state index contributed by atoms with van der Waals surface area (Å²) in [7, 11) is 1.64. The number of hydrogen-bond donors (Lipinski definition) is 0. The van der Waals surface area contributed by atoms with Crippen molar-refractivity contribution in [1.29, 1.82) is 0 Å². The molecule has 2 aromatic rings. The van der Waals surface area contributed by atoms with Crippen LogP contribution in [0.3, 0.4) is 0 Å². The number of piperazine rings is 1. The topological polar surface area (TPSA) is 32.8 Å². The summed E-state index contributed by atoms with van der Waals surface area (Å²) in [6.07, 6.45) is 3.31. The first-order chi connectivity index (χ1) is 14.0. The maximum atomic E-state index is 12.5. The Bertz CT molecular complexity index is 896. The Hall–Kier alpha value is -1.66. The Kier molecular flexibility index (Phi) is 7.90. The summed E-state index contributed by atoms with van der Waals surface area (Å²) in [5.41, 5.74) is 0.724. The van der Waals surface area contributed by atoms with E-state index in [9.17, 15) is 4.79 Å². The van der Waals surface area contributed by atoms with Gasteiger partial charge in [-0.05, 0) is 36.4 Å². The molecule has 154 valence electrons. The van der Waals surface area contributed by atoms with Gasteiger partial charge in [0.1, 0.15) is 5.75 Å². The molecular formula is C22H24Cl2N2O2S. The van der Waals surface area contributed by atoms with Crippen LogP contribution in [0.2, 0.25) is 10.0 Å². The van der Waals surface area contributed by atoms with Gasteiger partial charge < -0.3 is 14.5 Å². The van der Waals surface area contributed by atoms with Gasteiger partial charge in [0, 0.05) is 37.2 Å². The highest BCUT2D eigenvalue weighted by atomic mass is 35.5. The van der Waals surface area contributed by atoms with Gasteiger partial charge in [-0.1, -0.05) is 60.1 Å². The molecule has 2 aromatic carbocycles. The van der Waals surface area contributed by atoms with Crippen LogP contribution < -0.4 is 4.74 Å². The fraction of sp³-hybridized carbons (Fsp3) is 0.318. The molecule has 0 saturated carbocycles. The number of nitrogens with zero attached hydrogens (tertiary/aromatic N) is 2. The number of amides is 1. The van der Waals surface area contributed by atoms with Crippen LogP contribution in [-0.4, -0.2) is 55.5 Å². The van der Waals surface area contributed by atoms with Gasteiger partial charge in [0.15, 0.2) is 0 Å². The molecule has 4 nitrogen and oxygen atoms in total. The zero-order valence-corrected chi connectivity index (χ0v) is 18.9. The minimum atomic E-state index is 0.000385. The van der Waals surface area contributed by atoms with E-state index in [0.29, 0.717) is 10.0 Å². The first-order valence-electron chi connectivity index (χ1n) is 9.51. The third kappa shape index (κ3) is 5.48. The van der Waals surface area contributed by atoms with E-state index in [1.54, 1.807) is 19.3 Å². The smallest absolute Gasteiger partial charge is 0.246 e. The molecule has 1 fully saturated rings. The van der Waals surface area contributed by atoms with Gasteiger partial charge in [-0.25, -0.2) is 0 Å². The molecule has 0 bridgehead atoms. The van der Waals surface area contributed by atoms with E-state index in [-0.39, 0.29) is 5.91 Å². The molecule has 0 atom stereocenters. The quantitative estimate of drug-likeness (QED) is 0.556. The van der Waals surface area contributed by atoms with Crippen molar-refractivity contribution in [3.05, 3.63) is 58.1 Å². The van der Waals surface area contributed by atoms with Gasteiger partial charge >= 0.3 is 0 Å². The van der Waals surface area contributed by atoms with E-state index in [1.165, 1.54) is 11.8 Å². The van der Waals surface area contributed by atoms with Crippen LogP contribution in [0.25, 0.3) is 6.08 Å². The minimum absolute atomic E-state index is 0.000385. The van der Waals surface area contributed by atoms with Crippen molar-refractivity contribution >= 4 is 46.9 Å². The molecule has 0 unspecified atom stereocenters. The summed E-state index contributed by atoms with van der Waals surface area (Å²) in [5.74, 6) is 0.780. The van der Waals surface area contributed by atoms with Crippen LogP contribution in [0.5, 0.6) is 5.75 Å². The van der Waals surface area contributed by atoms with Gasteiger partial charge in [0.05, 0.1) is 22.1 Å². The third-order valence-electron chi connectivity index (χ3n) is 4.90. The third-order valence-corrected chi connectivity index (χ3v) is 7.03. The fourth-order valence-corrected chi connectivity index (χ4v) is 4.66. The van der Waals surface area contributed by atoms with E-state index < -0.39 is 0 Å². The molecule has 1 aliphatic rings. The molecule has 1 heterocycles. The van der Waals surface area contributed by atoms with E-state index in [0.717, 1.165) is 53.8 Å². The fourth-order valence-electron chi connectivity index (χ4n) is 3.13. The molecule has 0 radical (unpaired) electrons. The molecule has 0 N–H and O–H groups in total. The predicted molar refractivity (Wildman–Crippen MR) is 121 cm³/mol. The average molecular weight is 451 g/mol. The van der Waals surface area contributed by atoms with Gasteiger partial charge in [-0.15, -0.1) is 0 Å². The maximum absolute atomic E-state index is 12.5. The lowest BCUT2D eigenvalue weighted by Gasteiger charge is -2.33. The molecule has 1 amide bonds. The van der Waals surface area contributed by atoms with Gasteiger partial charge in [0.2, 0.25) is 5.91 Å². The summed E-state index contributed by atoms with van der Waals surface area (Å²) in [4.78, 5) is 18.5. The van der Waals surface area contributed by atoms with E-state index in [4.69, 9.17) is 27.9 Å². The molecule has 0 spiro atoms. The highest BCUT2D eigenvalue weighted by Gasteiger charge is 2.18. The number of hydrogen-bond acceptors (Lipinski definition) is 4. The Balaban J connectivity index is 1.71. The lowest BCUT2D eigenvalue weighted by atomic mass is 10.2. The largest absolute Gasteiger partial charge is 0.496 e. The van der Waals surface area contributed by atoms with E-state index in [1.807, 2.05) is 41.3 Å². The monoisotopic (exact) mass is 450 g/mol. The van der Waals surface area contributed by atoms with Crippen LogP contribution in [0, 0.1) is 0 Å². The van der Waals surface area contributed by atoms with Crippen molar-refractivity contribution in [3.63, 3.8) is 0 Å². The molecule has 3 rings (SSSR count). The molecule has 0 aliphatic carbocycles. The summed E-state index contributed by atoms with van der Waals surface area (Å²) in [6.45, 7) is 6.49. The second-order valence-electron chi connectivity index (χ2n) is 6.63. The Morgan fingerprint density at radius 2 is 1.79 bits per heavy atom. The average Bonchev–Trinajstić information content (AvgIpc) is 2.76. The normalized spacial score (nSPS) is 15.1. The number of likely N-dealkylation sites (N-methyl/N-ethyl adjacent to an activating group) is 1. The van der Waals surface area contributed by atoms with Crippen molar-refractivity contribution < 1.29 is 9.53 Å². The first-order valence-corrected chi connectivity index (χ1v) is 11.1. The second kappa shape index (κ2) is 10.4. The molecule has 7 heteroatoms. The molecule has 1 aliphatic heterocycles. The minimum Gasteiger partial charge on any atom is -0.496 e. The van der Waals surface area contributed by atoms with Crippen molar-refractivity contribution in [2.24, 2.45) is 0 Å². The molecular weight excluding hydrogens is 427 g/mol. The SMILES string of the molecule is CCN1CCN(C(=O)C=Cc2ccc(Sc3ccccc3OC)c(Cl)c2Cl)CC1. The van der Waals surface area contributed by atoms with E-state index >= 15 is 0 Å². The maximum Gasteiger partial charge on any atom is 0.246 e. The van der Waals surface area contributed by atoms with E-state index in [2.05, 4.69) is 11.8 Å². The number of rotatable bonds is 6. The highest BCUT2D eigenvalue weighted by Crippen LogP contribution is 2.42. The van der Waals surface area contributed by atoms with Gasteiger partial charge in [-0.3, -0.25) is 4.79 Å². The van der Waals surface area contributed by atoms with Crippen LogP contribution in [-0.2, 0) is 4.79 Å². The summed E-state index contributed by atoms with van der Waals surface area (Å²) >= 11 is 14.5. The Morgan fingerprint density at radius 1 is 1.07 bits per heavy atom. The van der Waals surface area contributed by atoms with Crippen LogP contribution in [0.15, 0.2) is 52.3 Å². The molecule has 1 saturated heterocycles.